The van der Waals surface area contributed by atoms with Crippen molar-refractivity contribution in [2.75, 3.05) is 34.8 Å². The number of thioether (sulfide) groups is 2. The fourth-order valence-electron chi connectivity index (χ4n) is 7.28. The average Bonchev–Trinajstić information content (AvgIpc) is 3.70. The van der Waals surface area contributed by atoms with Crippen LogP contribution in [0.15, 0.2) is 70.6 Å². The minimum atomic E-state index is 0.0658. The van der Waals surface area contributed by atoms with Crippen LogP contribution in [0.2, 0.25) is 0 Å². The smallest absolute Gasteiger partial charge is 0.159 e. The Kier molecular flexibility index (Phi) is 12.6. The van der Waals surface area contributed by atoms with Crippen LogP contribution in [0.3, 0.4) is 0 Å². The molecule has 252 valence electrons. The Morgan fingerprint density at radius 2 is 1.11 bits per heavy atom. The zero-order chi connectivity index (χ0) is 32.8. The molecule has 0 spiro atoms. The van der Waals surface area contributed by atoms with E-state index in [1.807, 2.05) is 55.8 Å². The molecule has 4 aliphatic rings. The maximum Gasteiger partial charge on any atom is 0.159 e. The summed E-state index contributed by atoms with van der Waals surface area (Å²) in [7, 11) is 8.25. The first-order chi connectivity index (χ1) is 22.2. The molecule has 0 bridgehead atoms. The summed E-state index contributed by atoms with van der Waals surface area (Å²) in [4.78, 5) is 14.1. The number of fused-ring (bicyclic) bond motifs is 2. The molecule has 2 saturated carbocycles. The molecule has 46 heavy (non-hydrogen) atoms. The number of hydrogen-bond donors (Lipinski definition) is 1. The summed E-state index contributed by atoms with van der Waals surface area (Å²) in [5, 5.41) is 13.0. The number of aliphatic hydroxyl groups is 1. The summed E-state index contributed by atoms with van der Waals surface area (Å²) in [5.41, 5.74) is 2.43. The van der Waals surface area contributed by atoms with Gasteiger partial charge in [0.1, 0.15) is 0 Å². The van der Waals surface area contributed by atoms with Crippen molar-refractivity contribution in [2.45, 2.75) is 88.0 Å². The van der Waals surface area contributed by atoms with Gasteiger partial charge in [0.15, 0.2) is 10.3 Å². The van der Waals surface area contributed by atoms with Crippen molar-refractivity contribution in [1.82, 2.24) is 9.80 Å². The number of nitrogens with zero attached hydrogens (tertiary/aromatic N) is 4. The van der Waals surface area contributed by atoms with Gasteiger partial charge in [0, 0.05) is 45.3 Å². The second kappa shape index (κ2) is 16.4. The zero-order valence-corrected chi connectivity index (χ0v) is 30.3. The van der Waals surface area contributed by atoms with E-state index in [1.54, 1.807) is 0 Å². The van der Waals surface area contributed by atoms with Gasteiger partial charge in [0.05, 0.1) is 37.5 Å². The molecule has 1 N–H and O–H groups in total. The molecule has 2 heterocycles. The number of amidine groups is 2. The van der Waals surface area contributed by atoms with E-state index in [-0.39, 0.29) is 24.9 Å². The first kappa shape index (κ1) is 35.3. The van der Waals surface area contributed by atoms with Crippen LogP contribution in [0, 0.1) is 23.7 Å². The van der Waals surface area contributed by atoms with Gasteiger partial charge in [0.25, 0.3) is 0 Å². The average molecular weight is 667 g/mol. The molecule has 6 rings (SSSR count). The van der Waals surface area contributed by atoms with Gasteiger partial charge in [-0.3, -0.25) is 9.98 Å². The van der Waals surface area contributed by atoms with Crippen molar-refractivity contribution in [2.24, 2.45) is 33.7 Å². The van der Waals surface area contributed by atoms with Crippen LogP contribution in [0.5, 0.6) is 0 Å². The standard InChI is InChI=1S/C19H28N2OS.C18H26N2O2S/c1-5-15-11-16-17(20-19(23-16)21(3)4)18(13(15)2)22-12-14-9-7-6-8-10-14;1-12-14(10-21)9-15-16(19-18(23-15)20(2)3)17(12)22-11-13-7-5-4-6-8-13/h6-10,13,15-18H,5,11-12H2,1-4H3;4-8,12,14-17,21H,9-11H2,1-3H3/t13-,15+,16+,17+,18+;12-,14-,15+,16+,17+/m11/s1. The number of hydrogen-bond acceptors (Lipinski definition) is 9. The second-order valence-corrected chi connectivity index (χ2v) is 16.1. The third kappa shape index (κ3) is 8.32. The van der Waals surface area contributed by atoms with E-state index in [0.717, 1.165) is 22.7 Å². The molecule has 0 aromatic heterocycles. The third-order valence-electron chi connectivity index (χ3n) is 10.2. The maximum absolute atomic E-state index is 9.75. The molecule has 7 nitrogen and oxygen atoms in total. The van der Waals surface area contributed by atoms with E-state index in [4.69, 9.17) is 19.5 Å². The summed E-state index contributed by atoms with van der Waals surface area (Å²) in [6.07, 6.45) is 3.80. The van der Waals surface area contributed by atoms with Gasteiger partial charge in [0.2, 0.25) is 0 Å². The van der Waals surface area contributed by atoms with Gasteiger partial charge < -0.3 is 24.4 Å². The quantitative estimate of drug-likeness (QED) is 0.338. The van der Waals surface area contributed by atoms with E-state index in [1.165, 1.54) is 24.0 Å². The van der Waals surface area contributed by atoms with Crippen molar-refractivity contribution in [3.63, 3.8) is 0 Å². The van der Waals surface area contributed by atoms with Crippen LogP contribution < -0.4 is 0 Å². The first-order valence-corrected chi connectivity index (χ1v) is 18.7. The number of aliphatic hydroxyl groups excluding tert-OH is 1. The molecule has 0 radical (unpaired) electrons. The lowest BCUT2D eigenvalue weighted by molar-refractivity contribution is -0.0537. The monoisotopic (exact) mass is 666 g/mol. The van der Waals surface area contributed by atoms with Gasteiger partial charge >= 0.3 is 0 Å². The molecule has 2 aromatic carbocycles. The largest absolute Gasteiger partial charge is 0.396 e. The Morgan fingerprint density at radius 1 is 0.696 bits per heavy atom. The predicted octanol–water partition coefficient (Wildman–Crippen LogP) is 6.66. The Hall–Kier alpha value is -2.04. The van der Waals surface area contributed by atoms with E-state index in [9.17, 15) is 5.11 Å². The molecule has 0 unspecified atom stereocenters. The van der Waals surface area contributed by atoms with Crippen molar-refractivity contribution >= 4 is 33.9 Å². The van der Waals surface area contributed by atoms with Crippen molar-refractivity contribution in [3.05, 3.63) is 71.8 Å². The minimum Gasteiger partial charge on any atom is -0.396 e. The van der Waals surface area contributed by atoms with E-state index >= 15 is 0 Å². The van der Waals surface area contributed by atoms with Crippen LogP contribution in [0.4, 0.5) is 0 Å². The number of benzene rings is 2. The molecule has 2 fully saturated rings. The Bertz CT molecular complexity index is 1190. The Labute approximate surface area is 285 Å². The highest BCUT2D eigenvalue weighted by Gasteiger charge is 2.48. The highest BCUT2D eigenvalue weighted by molar-refractivity contribution is 8.14. The highest BCUT2D eigenvalue weighted by Crippen LogP contribution is 2.46. The molecule has 9 heteroatoms. The van der Waals surface area contributed by atoms with Crippen LogP contribution in [-0.4, -0.2) is 94.8 Å². The Morgan fingerprint density at radius 3 is 1.50 bits per heavy atom. The molecule has 2 aromatic rings. The van der Waals surface area contributed by atoms with Gasteiger partial charge in [-0.15, -0.1) is 0 Å². The summed E-state index contributed by atoms with van der Waals surface area (Å²) < 4.78 is 12.7. The predicted molar refractivity (Wildman–Crippen MR) is 195 cm³/mol. The van der Waals surface area contributed by atoms with Crippen molar-refractivity contribution < 1.29 is 14.6 Å². The van der Waals surface area contributed by atoms with E-state index in [2.05, 4.69) is 87.1 Å². The molecular weight excluding hydrogens is 613 g/mol. The summed E-state index contributed by atoms with van der Waals surface area (Å²) >= 11 is 3.78. The van der Waals surface area contributed by atoms with Crippen molar-refractivity contribution in [3.8, 4) is 0 Å². The Balaban J connectivity index is 0.000000181. The van der Waals surface area contributed by atoms with Crippen LogP contribution >= 0.6 is 23.5 Å². The second-order valence-electron chi connectivity index (χ2n) is 13.7. The minimum absolute atomic E-state index is 0.0658. The summed E-state index contributed by atoms with van der Waals surface area (Å²) in [5.74, 6) is 1.91. The number of rotatable bonds is 8. The molecule has 2 aliphatic heterocycles. The topological polar surface area (TPSA) is 69.9 Å². The SMILES string of the molecule is CC[C@H]1C[C@@H]2SC(N(C)C)=N[C@@H]2[C@@H](OCc2ccccc2)[C@@H]1C.C[C@@H]1[C@@H](CO)C[C@@H]2SC(N(C)C)=N[C@@H]2[C@H]1OCc1ccccc1. The summed E-state index contributed by atoms with van der Waals surface area (Å²) in [6, 6.07) is 21.3. The molecule has 0 amide bonds. The van der Waals surface area contributed by atoms with Crippen LogP contribution in [0.25, 0.3) is 0 Å². The van der Waals surface area contributed by atoms with E-state index < -0.39 is 0 Å². The fourth-order valence-corrected chi connectivity index (χ4v) is 10.0. The van der Waals surface area contributed by atoms with Gasteiger partial charge in [-0.05, 0) is 47.6 Å². The third-order valence-corrected chi connectivity index (χ3v) is 13.1. The lowest BCUT2D eigenvalue weighted by atomic mass is 9.74. The van der Waals surface area contributed by atoms with Crippen LogP contribution in [-0.2, 0) is 22.7 Å². The lowest BCUT2D eigenvalue weighted by Crippen LogP contribution is -2.48. The zero-order valence-electron chi connectivity index (χ0n) is 28.7. The number of aliphatic imine (C=N–C) groups is 2. The van der Waals surface area contributed by atoms with Gasteiger partial charge in [-0.2, -0.15) is 0 Å². The van der Waals surface area contributed by atoms with E-state index in [0.29, 0.717) is 47.5 Å². The molecule has 10 atom stereocenters. The highest BCUT2D eigenvalue weighted by atomic mass is 32.2. The van der Waals surface area contributed by atoms with Gasteiger partial charge in [-0.1, -0.05) is 111 Å². The van der Waals surface area contributed by atoms with Crippen LogP contribution in [0.1, 0.15) is 51.2 Å². The first-order valence-electron chi connectivity index (χ1n) is 17.0. The van der Waals surface area contributed by atoms with Gasteiger partial charge in [-0.25, -0.2) is 0 Å². The molecular formula is C37H54N4O3S2. The summed E-state index contributed by atoms with van der Waals surface area (Å²) in [6.45, 7) is 8.38. The maximum atomic E-state index is 9.75. The van der Waals surface area contributed by atoms with Crippen molar-refractivity contribution in [1.29, 1.82) is 0 Å². The number of ether oxygens (including phenoxy) is 2. The molecule has 2 aliphatic carbocycles. The lowest BCUT2D eigenvalue weighted by Gasteiger charge is -2.41. The molecule has 0 saturated heterocycles. The fraction of sp³-hybridized carbons (Fsp3) is 0.622. The normalized spacial score (nSPS) is 33.2.